The monoisotopic (exact) mass is 293 g/mol. The Hall–Kier alpha value is -2.88. The summed E-state index contributed by atoms with van der Waals surface area (Å²) in [7, 11) is 0. The van der Waals surface area contributed by atoms with Crippen molar-refractivity contribution in [2.24, 2.45) is 0 Å². The lowest BCUT2D eigenvalue weighted by atomic mass is 10.1. The zero-order chi connectivity index (χ0) is 15.5. The van der Waals surface area contributed by atoms with Crippen LogP contribution in [0.15, 0.2) is 60.7 Å². The number of hydrogen-bond donors (Lipinski definition) is 1. The second kappa shape index (κ2) is 5.85. The molecule has 110 valence electrons. The molecule has 0 spiro atoms. The van der Waals surface area contributed by atoms with Gasteiger partial charge < -0.3 is 10.0 Å². The maximum Gasteiger partial charge on any atom is 0.335 e. The Labute approximate surface area is 128 Å². The molecule has 2 aromatic rings. The molecule has 1 aliphatic heterocycles. The highest BCUT2D eigenvalue weighted by atomic mass is 16.4. The Balaban J connectivity index is 1.71. The predicted octanol–water partition coefficient (Wildman–Crippen LogP) is 2.92. The van der Waals surface area contributed by atoms with Gasteiger partial charge in [0.15, 0.2) is 0 Å². The number of carboxylic acid groups (broad SMARTS) is 1. The fourth-order valence-electron chi connectivity index (χ4n) is 2.51. The van der Waals surface area contributed by atoms with Gasteiger partial charge in [-0.15, -0.1) is 0 Å². The van der Waals surface area contributed by atoms with Crippen molar-refractivity contribution in [3.63, 3.8) is 0 Å². The lowest BCUT2D eigenvalue weighted by Gasteiger charge is -2.16. The smallest absolute Gasteiger partial charge is 0.335 e. The zero-order valence-corrected chi connectivity index (χ0v) is 11.9. The van der Waals surface area contributed by atoms with Gasteiger partial charge >= 0.3 is 5.97 Å². The van der Waals surface area contributed by atoms with Gasteiger partial charge in [0, 0.05) is 18.7 Å². The molecule has 1 aliphatic rings. The molecule has 0 atom stereocenters. The van der Waals surface area contributed by atoms with Gasteiger partial charge in [-0.25, -0.2) is 4.79 Å². The minimum absolute atomic E-state index is 0.0841. The van der Waals surface area contributed by atoms with Crippen LogP contribution in [0.5, 0.6) is 0 Å². The van der Waals surface area contributed by atoms with E-state index in [-0.39, 0.29) is 11.5 Å². The number of hydrogen-bond acceptors (Lipinski definition) is 2. The van der Waals surface area contributed by atoms with E-state index in [1.165, 1.54) is 12.1 Å². The molecule has 1 amide bonds. The van der Waals surface area contributed by atoms with Crippen molar-refractivity contribution >= 4 is 17.4 Å². The van der Waals surface area contributed by atoms with E-state index in [0.29, 0.717) is 18.7 Å². The van der Waals surface area contributed by atoms with Gasteiger partial charge in [-0.05, 0) is 35.4 Å². The molecule has 22 heavy (non-hydrogen) atoms. The first-order valence-corrected chi connectivity index (χ1v) is 7.02. The summed E-state index contributed by atoms with van der Waals surface area (Å²) in [6, 6.07) is 16.0. The molecule has 1 N–H and O–H groups in total. The van der Waals surface area contributed by atoms with Gasteiger partial charge in [-0.3, -0.25) is 4.79 Å². The second-order valence-electron chi connectivity index (χ2n) is 5.16. The highest BCUT2D eigenvalue weighted by molar-refractivity contribution is 5.97. The largest absolute Gasteiger partial charge is 0.478 e. The van der Waals surface area contributed by atoms with Crippen molar-refractivity contribution in [1.82, 2.24) is 4.90 Å². The highest BCUT2D eigenvalue weighted by Crippen LogP contribution is 2.22. The summed E-state index contributed by atoms with van der Waals surface area (Å²) >= 11 is 0. The highest BCUT2D eigenvalue weighted by Gasteiger charge is 2.21. The van der Waals surface area contributed by atoms with Crippen molar-refractivity contribution in [2.45, 2.75) is 0 Å². The Bertz CT molecular complexity index is 733. The van der Waals surface area contributed by atoms with Crippen LogP contribution < -0.4 is 0 Å². The number of rotatable bonds is 3. The standard InChI is InChI=1S/C18H15NO3/c20-17(14-6-8-15(9-7-14)18(21)22)19-11-10-16(12-19)13-4-2-1-3-5-13/h1-10H,11-12H2,(H,21,22). The summed E-state index contributed by atoms with van der Waals surface area (Å²) in [5.74, 6) is -1.08. The molecule has 0 bridgehead atoms. The van der Waals surface area contributed by atoms with Crippen molar-refractivity contribution in [2.75, 3.05) is 13.1 Å². The van der Waals surface area contributed by atoms with Crippen LogP contribution in [-0.4, -0.2) is 35.0 Å². The quantitative estimate of drug-likeness (QED) is 0.946. The maximum absolute atomic E-state index is 12.5. The number of amides is 1. The van der Waals surface area contributed by atoms with Crippen molar-refractivity contribution in [1.29, 1.82) is 0 Å². The number of carbonyl (C=O) groups is 2. The molecule has 0 saturated carbocycles. The third-order valence-electron chi connectivity index (χ3n) is 3.73. The Morgan fingerprint density at radius 1 is 0.909 bits per heavy atom. The lowest BCUT2D eigenvalue weighted by Crippen LogP contribution is -2.28. The first-order valence-electron chi connectivity index (χ1n) is 7.02. The fourth-order valence-corrected chi connectivity index (χ4v) is 2.51. The van der Waals surface area contributed by atoms with Gasteiger partial charge in [0.1, 0.15) is 0 Å². The summed E-state index contributed by atoms with van der Waals surface area (Å²) in [6.07, 6.45) is 2.05. The van der Waals surface area contributed by atoms with Crippen LogP contribution >= 0.6 is 0 Å². The van der Waals surface area contributed by atoms with E-state index in [9.17, 15) is 9.59 Å². The topological polar surface area (TPSA) is 57.6 Å². The van der Waals surface area contributed by atoms with E-state index in [1.54, 1.807) is 17.0 Å². The molecule has 0 aliphatic carbocycles. The fraction of sp³-hybridized carbons (Fsp3) is 0.111. The normalized spacial score (nSPS) is 13.8. The molecule has 0 radical (unpaired) electrons. The lowest BCUT2D eigenvalue weighted by molar-refractivity contribution is 0.0695. The third-order valence-corrected chi connectivity index (χ3v) is 3.73. The Morgan fingerprint density at radius 3 is 2.18 bits per heavy atom. The summed E-state index contributed by atoms with van der Waals surface area (Å²) in [6.45, 7) is 1.15. The molecule has 2 aromatic carbocycles. The molecule has 0 unspecified atom stereocenters. The van der Waals surface area contributed by atoms with Gasteiger partial charge in [-0.2, -0.15) is 0 Å². The van der Waals surface area contributed by atoms with E-state index in [1.807, 2.05) is 30.3 Å². The summed E-state index contributed by atoms with van der Waals surface area (Å²) in [4.78, 5) is 25.0. The molecule has 3 rings (SSSR count). The third kappa shape index (κ3) is 2.76. The van der Waals surface area contributed by atoms with Crippen LogP contribution in [0.3, 0.4) is 0 Å². The van der Waals surface area contributed by atoms with Gasteiger partial charge in [0.25, 0.3) is 5.91 Å². The summed E-state index contributed by atoms with van der Waals surface area (Å²) in [5, 5.41) is 8.88. The van der Waals surface area contributed by atoms with Crippen LogP contribution in [0.2, 0.25) is 0 Å². The number of carboxylic acids is 1. The van der Waals surface area contributed by atoms with E-state index in [0.717, 1.165) is 11.1 Å². The predicted molar refractivity (Wildman–Crippen MR) is 83.7 cm³/mol. The summed E-state index contributed by atoms with van der Waals surface area (Å²) in [5.41, 5.74) is 2.95. The van der Waals surface area contributed by atoms with Crippen LogP contribution in [0, 0.1) is 0 Å². The maximum atomic E-state index is 12.5. The number of nitrogens with zero attached hydrogens (tertiary/aromatic N) is 1. The molecular formula is C18H15NO3. The average Bonchev–Trinajstić information content (AvgIpc) is 3.05. The van der Waals surface area contributed by atoms with Gasteiger partial charge in [0.05, 0.1) is 5.56 Å². The first-order chi connectivity index (χ1) is 10.6. The molecule has 4 nitrogen and oxygen atoms in total. The van der Waals surface area contributed by atoms with Crippen molar-refractivity contribution in [3.05, 3.63) is 77.4 Å². The number of aromatic carboxylic acids is 1. The molecular weight excluding hydrogens is 278 g/mol. The van der Waals surface area contributed by atoms with E-state index in [4.69, 9.17) is 5.11 Å². The molecule has 0 aromatic heterocycles. The summed E-state index contributed by atoms with van der Waals surface area (Å²) < 4.78 is 0. The van der Waals surface area contributed by atoms with Crippen LogP contribution in [0.25, 0.3) is 5.57 Å². The first kappa shape index (κ1) is 14.1. The van der Waals surface area contributed by atoms with E-state index < -0.39 is 5.97 Å². The van der Waals surface area contributed by atoms with Crippen molar-refractivity contribution < 1.29 is 14.7 Å². The van der Waals surface area contributed by atoms with Crippen LogP contribution in [0.4, 0.5) is 0 Å². The average molecular weight is 293 g/mol. The molecule has 0 saturated heterocycles. The van der Waals surface area contributed by atoms with Gasteiger partial charge in [-0.1, -0.05) is 36.4 Å². The Kier molecular flexibility index (Phi) is 3.74. The van der Waals surface area contributed by atoms with E-state index in [2.05, 4.69) is 6.08 Å². The van der Waals surface area contributed by atoms with Crippen LogP contribution in [-0.2, 0) is 0 Å². The van der Waals surface area contributed by atoms with Crippen LogP contribution in [0.1, 0.15) is 26.3 Å². The molecule has 1 heterocycles. The Morgan fingerprint density at radius 2 is 1.55 bits per heavy atom. The SMILES string of the molecule is O=C(O)c1ccc(C(=O)N2CC=C(c3ccccc3)C2)cc1. The zero-order valence-electron chi connectivity index (χ0n) is 11.9. The second-order valence-corrected chi connectivity index (χ2v) is 5.16. The minimum Gasteiger partial charge on any atom is -0.478 e. The number of carbonyl (C=O) groups excluding carboxylic acids is 1. The molecule has 4 heteroatoms. The van der Waals surface area contributed by atoms with E-state index >= 15 is 0 Å². The van der Waals surface area contributed by atoms with Gasteiger partial charge in [0.2, 0.25) is 0 Å². The van der Waals surface area contributed by atoms with Crippen molar-refractivity contribution in [3.8, 4) is 0 Å². The minimum atomic E-state index is -0.992. The number of benzene rings is 2. The molecule has 0 fully saturated rings.